The number of carbonyl (C=O) groups excluding carboxylic acids is 1. The quantitative estimate of drug-likeness (QED) is 0.584. The average molecular weight is 205 g/mol. The molecule has 0 fully saturated rings. The summed E-state index contributed by atoms with van der Waals surface area (Å²) in [5.74, 6) is -0.245. The third-order valence-electron chi connectivity index (χ3n) is 1.99. The van der Waals surface area contributed by atoms with Gasteiger partial charge in [0.2, 0.25) is 0 Å². The lowest BCUT2D eigenvalue weighted by Gasteiger charge is -2.06. The van der Waals surface area contributed by atoms with Gasteiger partial charge in [0.15, 0.2) is 0 Å². The number of benzene rings is 1. The highest BCUT2D eigenvalue weighted by molar-refractivity contribution is 6.19. The summed E-state index contributed by atoms with van der Waals surface area (Å²) in [4.78, 5) is 11.6. The van der Waals surface area contributed by atoms with Crippen LogP contribution in [0.15, 0.2) is 36.6 Å². The Morgan fingerprint density at radius 2 is 2.07 bits per heavy atom. The van der Waals surface area contributed by atoms with Gasteiger partial charge in [0.1, 0.15) is 0 Å². The fraction of sp³-hybridized carbons (Fsp3) is 0.250. The number of rotatable bonds is 4. The summed E-state index contributed by atoms with van der Waals surface area (Å²) < 4.78 is 0. The first kappa shape index (κ1) is 11.3. The van der Waals surface area contributed by atoms with Crippen molar-refractivity contribution in [2.75, 3.05) is 6.54 Å². The van der Waals surface area contributed by atoms with Crippen molar-refractivity contribution in [1.82, 2.24) is 5.32 Å². The van der Waals surface area contributed by atoms with Gasteiger partial charge in [0, 0.05) is 6.54 Å². The van der Waals surface area contributed by atoms with Crippen LogP contribution in [-0.4, -0.2) is 17.6 Å². The van der Waals surface area contributed by atoms with Gasteiger partial charge in [-0.15, -0.1) is 0 Å². The summed E-state index contributed by atoms with van der Waals surface area (Å²) >= 11 is 0. The van der Waals surface area contributed by atoms with E-state index in [2.05, 4.69) is 5.32 Å². The molecule has 0 spiro atoms. The summed E-state index contributed by atoms with van der Waals surface area (Å²) in [6, 6.07) is 9.08. The number of aliphatic hydroxyl groups is 1. The molecule has 80 valence electrons. The van der Waals surface area contributed by atoms with E-state index < -0.39 is 0 Å². The van der Waals surface area contributed by atoms with E-state index in [9.17, 15) is 4.79 Å². The molecule has 0 aliphatic carbocycles. The van der Waals surface area contributed by atoms with E-state index in [-0.39, 0.29) is 5.91 Å². The molecule has 0 bridgehead atoms. The number of carbonyl (C=O) groups is 1. The Balaban J connectivity index is 2.78. The van der Waals surface area contributed by atoms with Crippen molar-refractivity contribution in [2.45, 2.75) is 13.3 Å². The molecule has 0 unspecified atom stereocenters. The van der Waals surface area contributed by atoms with Crippen molar-refractivity contribution in [3.05, 3.63) is 42.2 Å². The van der Waals surface area contributed by atoms with Gasteiger partial charge in [-0.2, -0.15) is 0 Å². The van der Waals surface area contributed by atoms with Crippen LogP contribution in [0.5, 0.6) is 0 Å². The summed E-state index contributed by atoms with van der Waals surface area (Å²) in [5.41, 5.74) is 1.01. The average Bonchev–Trinajstić information content (AvgIpc) is 2.29. The molecule has 0 saturated heterocycles. The van der Waals surface area contributed by atoms with E-state index in [1.165, 1.54) is 0 Å². The zero-order valence-electron chi connectivity index (χ0n) is 8.73. The van der Waals surface area contributed by atoms with Gasteiger partial charge in [-0.25, -0.2) is 0 Å². The molecule has 0 saturated carbocycles. The van der Waals surface area contributed by atoms with Crippen LogP contribution in [0.1, 0.15) is 18.9 Å². The van der Waals surface area contributed by atoms with Crippen LogP contribution in [0.2, 0.25) is 0 Å². The molecular formula is C12H15NO2. The van der Waals surface area contributed by atoms with Gasteiger partial charge in [-0.3, -0.25) is 4.79 Å². The zero-order chi connectivity index (χ0) is 11.1. The Morgan fingerprint density at radius 3 is 2.60 bits per heavy atom. The lowest BCUT2D eigenvalue weighted by molar-refractivity contribution is -0.115. The second-order valence-electron chi connectivity index (χ2n) is 3.16. The molecule has 1 amide bonds. The van der Waals surface area contributed by atoms with Crippen LogP contribution in [0, 0.1) is 0 Å². The molecule has 3 nitrogen and oxygen atoms in total. The largest absolute Gasteiger partial charge is 0.515 e. The van der Waals surface area contributed by atoms with Crippen LogP contribution in [0.25, 0.3) is 5.57 Å². The van der Waals surface area contributed by atoms with Gasteiger partial charge >= 0.3 is 0 Å². The molecule has 0 heterocycles. The minimum Gasteiger partial charge on any atom is -0.515 e. The van der Waals surface area contributed by atoms with Crippen molar-refractivity contribution < 1.29 is 9.90 Å². The molecule has 1 rings (SSSR count). The Labute approximate surface area is 89.4 Å². The fourth-order valence-corrected chi connectivity index (χ4v) is 1.22. The van der Waals surface area contributed by atoms with E-state index >= 15 is 0 Å². The van der Waals surface area contributed by atoms with Crippen LogP contribution in [-0.2, 0) is 4.79 Å². The Bertz CT molecular complexity index is 344. The standard InChI is InChI=1S/C12H15NO2/c1-2-8-13-12(15)11(9-14)10-6-4-3-5-7-10/h3-7,9,14H,2,8H2,1H3,(H,13,15). The monoisotopic (exact) mass is 205 g/mol. The van der Waals surface area contributed by atoms with E-state index in [4.69, 9.17) is 5.11 Å². The third kappa shape index (κ3) is 3.13. The summed E-state index contributed by atoms with van der Waals surface area (Å²) in [5, 5.41) is 11.7. The van der Waals surface area contributed by atoms with Crippen LogP contribution >= 0.6 is 0 Å². The third-order valence-corrected chi connectivity index (χ3v) is 1.99. The van der Waals surface area contributed by atoms with E-state index in [0.717, 1.165) is 12.7 Å². The van der Waals surface area contributed by atoms with Crippen molar-refractivity contribution in [1.29, 1.82) is 0 Å². The maximum atomic E-state index is 11.6. The van der Waals surface area contributed by atoms with E-state index in [1.807, 2.05) is 25.1 Å². The first-order valence-corrected chi connectivity index (χ1v) is 4.97. The molecule has 15 heavy (non-hydrogen) atoms. The van der Waals surface area contributed by atoms with Gasteiger partial charge in [0.05, 0.1) is 11.8 Å². The lowest BCUT2D eigenvalue weighted by atomic mass is 10.1. The predicted molar refractivity (Wildman–Crippen MR) is 60.3 cm³/mol. The van der Waals surface area contributed by atoms with Gasteiger partial charge in [-0.1, -0.05) is 37.3 Å². The number of hydrogen-bond acceptors (Lipinski definition) is 2. The van der Waals surface area contributed by atoms with Crippen molar-refractivity contribution in [2.24, 2.45) is 0 Å². The van der Waals surface area contributed by atoms with Gasteiger partial charge < -0.3 is 10.4 Å². The molecule has 0 aliphatic heterocycles. The van der Waals surface area contributed by atoms with E-state index in [0.29, 0.717) is 17.7 Å². The topological polar surface area (TPSA) is 49.3 Å². The highest BCUT2D eigenvalue weighted by atomic mass is 16.2. The minimum absolute atomic E-state index is 0.245. The second-order valence-corrected chi connectivity index (χ2v) is 3.16. The van der Waals surface area contributed by atoms with E-state index in [1.54, 1.807) is 12.1 Å². The van der Waals surface area contributed by atoms with Gasteiger partial charge in [0.25, 0.3) is 5.91 Å². The Hall–Kier alpha value is -1.77. The van der Waals surface area contributed by atoms with Crippen molar-refractivity contribution >= 4 is 11.5 Å². The Morgan fingerprint density at radius 1 is 1.40 bits per heavy atom. The molecule has 0 radical (unpaired) electrons. The molecular weight excluding hydrogens is 190 g/mol. The van der Waals surface area contributed by atoms with Crippen LogP contribution in [0.3, 0.4) is 0 Å². The maximum Gasteiger partial charge on any atom is 0.255 e. The minimum atomic E-state index is -0.245. The number of hydrogen-bond donors (Lipinski definition) is 2. The molecule has 1 aromatic rings. The summed E-state index contributed by atoms with van der Waals surface area (Å²) in [6.07, 6.45) is 1.72. The number of aliphatic hydroxyl groups excluding tert-OH is 1. The summed E-state index contributed by atoms with van der Waals surface area (Å²) in [6.45, 7) is 2.59. The van der Waals surface area contributed by atoms with Crippen LogP contribution in [0.4, 0.5) is 0 Å². The lowest BCUT2D eigenvalue weighted by Crippen LogP contribution is -2.25. The second kappa shape index (κ2) is 5.86. The first-order valence-electron chi connectivity index (χ1n) is 4.97. The predicted octanol–water partition coefficient (Wildman–Crippen LogP) is 2.11. The SMILES string of the molecule is CCCNC(=O)C(=CO)c1ccccc1. The first-order chi connectivity index (χ1) is 7.29. The van der Waals surface area contributed by atoms with Crippen molar-refractivity contribution in [3.63, 3.8) is 0 Å². The van der Waals surface area contributed by atoms with Gasteiger partial charge in [-0.05, 0) is 12.0 Å². The van der Waals surface area contributed by atoms with Crippen molar-refractivity contribution in [3.8, 4) is 0 Å². The van der Waals surface area contributed by atoms with Crippen LogP contribution < -0.4 is 5.32 Å². The number of nitrogens with one attached hydrogen (secondary N) is 1. The number of amides is 1. The molecule has 3 heteroatoms. The highest BCUT2D eigenvalue weighted by Crippen LogP contribution is 2.12. The smallest absolute Gasteiger partial charge is 0.255 e. The fourth-order valence-electron chi connectivity index (χ4n) is 1.22. The molecule has 0 aromatic heterocycles. The maximum absolute atomic E-state index is 11.6. The molecule has 2 N–H and O–H groups in total. The molecule has 0 atom stereocenters. The molecule has 0 aliphatic rings. The summed E-state index contributed by atoms with van der Waals surface area (Å²) in [7, 11) is 0. The highest BCUT2D eigenvalue weighted by Gasteiger charge is 2.10. The zero-order valence-corrected chi connectivity index (χ0v) is 8.73. The normalized spacial score (nSPS) is 11.1. The molecule has 1 aromatic carbocycles. The Kier molecular flexibility index (Phi) is 4.41.